The quantitative estimate of drug-likeness (QED) is 0.157. The molecule has 0 spiro atoms. The Hall–Kier alpha value is -1.14. The van der Waals surface area contributed by atoms with Crippen LogP contribution in [-0.4, -0.2) is 30.0 Å². The van der Waals surface area contributed by atoms with Crippen molar-refractivity contribution >= 4 is 11.8 Å². The smallest absolute Gasteiger partial charge is 0.325 e. The average Bonchev–Trinajstić information content (AvgIpc) is 1.90. The van der Waals surface area contributed by atoms with Gasteiger partial charge in [0.2, 0.25) is 0 Å². The van der Waals surface area contributed by atoms with E-state index >= 15 is 0 Å². The number of carboxylic acid groups (broad SMARTS) is 1. The van der Waals surface area contributed by atoms with Crippen LogP contribution in [0.1, 0.15) is 0 Å². The second-order valence-corrected chi connectivity index (χ2v) is 1.51. The molecular formula is C4H10N4O2. The van der Waals surface area contributed by atoms with Gasteiger partial charge >= 0.3 is 5.97 Å². The number of carbonyl (C=O) groups is 1. The number of rotatable bonds is 3. The van der Waals surface area contributed by atoms with Crippen LogP contribution in [0.15, 0.2) is 4.99 Å². The summed E-state index contributed by atoms with van der Waals surface area (Å²) in [5, 5.41) is 8.14. The molecule has 10 heavy (non-hydrogen) atoms. The summed E-state index contributed by atoms with van der Waals surface area (Å²) in [7, 11) is 0. The van der Waals surface area contributed by atoms with Crippen LogP contribution in [0, 0.1) is 0 Å². The summed E-state index contributed by atoms with van der Waals surface area (Å²) in [4.78, 5) is 13.4. The first-order valence-electron chi connectivity index (χ1n) is 2.62. The molecule has 6 nitrogen and oxygen atoms in total. The first-order valence-corrected chi connectivity index (χ1v) is 2.62. The van der Waals surface area contributed by atoms with Crippen LogP contribution in [0.5, 0.6) is 0 Å². The fraction of sp³-hybridized carbons (Fsp3) is 0.500. The zero-order valence-corrected chi connectivity index (χ0v) is 5.37. The van der Waals surface area contributed by atoms with E-state index in [-0.39, 0.29) is 18.9 Å². The van der Waals surface area contributed by atoms with Gasteiger partial charge in [0.1, 0.15) is 12.4 Å². The van der Waals surface area contributed by atoms with Crippen LogP contribution in [0.25, 0.3) is 0 Å². The van der Waals surface area contributed by atoms with Crippen molar-refractivity contribution in [3.05, 3.63) is 0 Å². The first kappa shape index (κ1) is 8.86. The number of hydrogen-bond donors (Lipinski definition) is 4. The standard InChI is InChI=1S/C4H10N4O2/c5-1-3(8-6)7-2-4(9)10/h1-2,5-6H2,(H,7,8)(H,9,10). The van der Waals surface area contributed by atoms with Crippen molar-refractivity contribution in [2.24, 2.45) is 16.6 Å². The summed E-state index contributed by atoms with van der Waals surface area (Å²) >= 11 is 0. The molecule has 0 saturated heterocycles. The molecule has 6 heteroatoms. The predicted octanol–water partition coefficient (Wildman–Crippen LogP) is -2.11. The van der Waals surface area contributed by atoms with Crippen LogP contribution in [0.2, 0.25) is 0 Å². The van der Waals surface area contributed by atoms with Gasteiger partial charge < -0.3 is 16.3 Å². The van der Waals surface area contributed by atoms with Crippen LogP contribution in [0.4, 0.5) is 0 Å². The summed E-state index contributed by atoms with van der Waals surface area (Å²) in [6, 6.07) is 0. The molecule has 0 aliphatic rings. The Morgan fingerprint density at radius 1 is 1.70 bits per heavy atom. The molecule has 0 unspecified atom stereocenters. The molecule has 0 aromatic rings. The highest BCUT2D eigenvalue weighted by Crippen LogP contribution is 1.71. The summed E-state index contributed by atoms with van der Waals surface area (Å²) < 4.78 is 0. The molecule has 0 aromatic heterocycles. The Balaban J connectivity index is 3.74. The van der Waals surface area contributed by atoms with Crippen molar-refractivity contribution in [2.75, 3.05) is 13.1 Å². The molecule has 0 aliphatic heterocycles. The van der Waals surface area contributed by atoms with E-state index in [1.54, 1.807) is 0 Å². The molecular weight excluding hydrogens is 136 g/mol. The van der Waals surface area contributed by atoms with Gasteiger partial charge in [-0.3, -0.25) is 9.79 Å². The third-order valence-corrected chi connectivity index (χ3v) is 0.765. The van der Waals surface area contributed by atoms with Gasteiger partial charge in [0.05, 0.1) is 6.54 Å². The van der Waals surface area contributed by atoms with E-state index in [9.17, 15) is 4.79 Å². The zero-order chi connectivity index (χ0) is 7.98. The van der Waals surface area contributed by atoms with E-state index in [1.165, 1.54) is 0 Å². The fourth-order valence-electron chi connectivity index (χ4n) is 0.332. The second kappa shape index (κ2) is 4.71. The highest BCUT2D eigenvalue weighted by molar-refractivity contribution is 5.85. The number of amidine groups is 1. The Morgan fingerprint density at radius 3 is 2.60 bits per heavy atom. The molecule has 0 atom stereocenters. The van der Waals surface area contributed by atoms with Crippen molar-refractivity contribution in [1.82, 2.24) is 5.43 Å². The largest absolute Gasteiger partial charge is 0.480 e. The summed E-state index contributed by atoms with van der Waals surface area (Å²) in [6.45, 7) is -0.194. The summed E-state index contributed by atoms with van der Waals surface area (Å²) in [6.07, 6.45) is 0. The first-order chi connectivity index (χ1) is 4.70. The molecule has 0 saturated carbocycles. The maximum Gasteiger partial charge on any atom is 0.325 e. The van der Waals surface area contributed by atoms with E-state index in [2.05, 4.69) is 10.4 Å². The van der Waals surface area contributed by atoms with Crippen molar-refractivity contribution in [2.45, 2.75) is 0 Å². The minimum absolute atomic E-state index is 0.115. The Morgan fingerprint density at radius 2 is 2.30 bits per heavy atom. The number of nitrogens with zero attached hydrogens (tertiary/aromatic N) is 1. The number of hydrogen-bond acceptors (Lipinski definition) is 4. The topological polar surface area (TPSA) is 114 Å². The molecule has 0 radical (unpaired) electrons. The lowest BCUT2D eigenvalue weighted by atomic mass is 10.6. The molecule has 0 aliphatic carbocycles. The molecule has 58 valence electrons. The Kier molecular flexibility index (Phi) is 4.17. The van der Waals surface area contributed by atoms with Crippen molar-refractivity contribution in [3.63, 3.8) is 0 Å². The van der Waals surface area contributed by atoms with Gasteiger partial charge in [-0.2, -0.15) is 0 Å². The van der Waals surface area contributed by atoms with Gasteiger partial charge in [-0.1, -0.05) is 0 Å². The minimum Gasteiger partial charge on any atom is -0.480 e. The number of nitrogens with one attached hydrogen (secondary N) is 1. The highest BCUT2D eigenvalue weighted by atomic mass is 16.4. The van der Waals surface area contributed by atoms with Gasteiger partial charge in [-0.15, -0.1) is 0 Å². The average molecular weight is 146 g/mol. The fourth-order valence-corrected chi connectivity index (χ4v) is 0.332. The third-order valence-electron chi connectivity index (χ3n) is 0.765. The lowest BCUT2D eigenvalue weighted by molar-refractivity contribution is -0.135. The number of nitrogens with two attached hydrogens (primary N) is 2. The molecule has 0 fully saturated rings. The van der Waals surface area contributed by atoms with E-state index in [0.29, 0.717) is 0 Å². The lowest BCUT2D eigenvalue weighted by Gasteiger charge is -1.98. The van der Waals surface area contributed by atoms with Crippen LogP contribution in [0.3, 0.4) is 0 Å². The van der Waals surface area contributed by atoms with Gasteiger partial charge in [-0.05, 0) is 0 Å². The molecule has 0 heterocycles. The molecule has 0 rings (SSSR count). The lowest BCUT2D eigenvalue weighted by Crippen LogP contribution is -2.36. The van der Waals surface area contributed by atoms with E-state index in [1.807, 2.05) is 0 Å². The Bertz CT molecular complexity index is 138. The second-order valence-electron chi connectivity index (χ2n) is 1.51. The van der Waals surface area contributed by atoms with Crippen LogP contribution in [-0.2, 0) is 4.79 Å². The van der Waals surface area contributed by atoms with E-state index in [4.69, 9.17) is 16.7 Å². The highest BCUT2D eigenvalue weighted by Gasteiger charge is 1.94. The third kappa shape index (κ3) is 3.81. The maximum atomic E-state index is 9.92. The molecule has 6 N–H and O–H groups in total. The van der Waals surface area contributed by atoms with Crippen molar-refractivity contribution in [1.29, 1.82) is 0 Å². The maximum absolute atomic E-state index is 9.92. The van der Waals surface area contributed by atoms with Crippen molar-refractivity contribution < 1.29 is 9.90 Å². The summed E-state index contributed by atoms with van der Waals surface area (Å²) in [5.41, 5.74) is 7.27. The zero-order valence-electron chi connectivity index (χ0n) is 5.37. The van der Waals surface area contributed by atoms with Crippen molar-refractivity contribution in [3.8, 4) is 0 Å². The van der Waals surface area contributed by atoms with Gasteiger partial charge in [0.15, 0.2) is 0 Å². The van der Waals surface area contributed by atoms with Crippen LogP contribution < -0.4 is 17.0 Å². The minimum atomic E-state index is -1.01. The summed E-state index contributed by atoms with van der Waals surface area (Å²) in [5.74, 6) is 4.18. The van der Waals surface area contributed by atoms with Gasteiger partial charge in [0.25, 0.3) is 0 Å². The Labute approximate surface area is 57.9 Å². The van der Waals surface area contributed by atoms with E-state index in [0.717, 1.165) is 0 Å². The number of hydrazine groups is 1. The number of aliphatic carboxylic acids is 1. The van der Waals surface area contributed by atoms with E-state index < -0.39 is 5.97 Å². The SMILES string of the molecule is NCC(=NCC(=O)O)NN. The van der Waals surface area contributed by atoms with Gasteiger partial charge in [-0.25, -0.2) is 5.84 Å². The monoisotopic (exact) mass is 146 g/mol. The molecule has 0 bridgehead atoms. The van der Waals surface area contributed by atoms with Gasteiger partial charge in [0, 0.05) is 0 Å². The predicted molar refractivity (Wildman–Crippen MR) is 36.3 cm³/mol. The normalized spacial score (nSPS) is 11.2. The number of aliphatic imine (C=N–C) groups is 1. The number of carboxylic acids is 1. The van der Waals surface area contributed by atoms with Crippen LogP contribution >= 0.6 is 0 Å². The molecule has 0 amide bonds. The molecule has 0 aromatic carbocycles.